The second kappa shape index (κ2) is 12.9. The van der Waals surface area contributed by atoms with Crippen LogP contribution in [-0.2, 0) is 6.54 Å². The predicted octanol–water partition coefficient (Wildman–Crippen LogP) is 0.458. The number of amides is 2. The Balaban J connectivity index is 1.21. The van der Waals surface area contributed by atoms with Gasteiger partial charge in [-0.05, 0) is 43.2 Å². The summed E-state index contributed by atoms with van der Waals surface area (Å²) in [6.45, 7) is 3.89. The van der Waals surface area contributed by atoms with E-state index in [9.17, 15) is 15.0 Å². The van der Waals surface area contributed by atoms with Gasteiger partial charge in [-0.2, -0.15) is 5.10 Å². The van der Waals surface area contributed by atoms with Gasteiger partial charge in [-0.25, -0.2) is 4.79 Å². The third kappa shape index (κ3) is 8.37. The first-order valence-corrected chi connectivity index (χ1v) is 11.0. The summed E-state index contributed by atoms with van der Waals surface area (Å²) in [4.78, 5) is 13.7. The van der Waals surface area contributed by atoms with Crippen LogP contribution >= 0.6 is 0 Å². The Kier molecular flexibility index (Phi) is 9.60. The van der Waals surface area contributed by atoms with Gasteiger partial charge in [-0.15, -0.1) is 0 Å². The molecule has 1 aromatic carbocycles. The number of carbonyl (C=O) groups excluding carboxylic acids is 1. The molecule has 0 aliphatic carbocycles. The number of piperidine rings is 1. The maximum Gasteiger partial charge on any atom is 0.317 e. The van der Waals surface area contributed by atoms with Crippen LogP contribution in [0.2, 0.25) is 0 Å². The highest BCUT2D eigenvalue weighted by atomic mass is 16.5. The van der Waals surface area contributed by atoms with E-state index in [1.165, 1.54) is 0 Å². The number of benzene rings is 1. The summed E-state index contributed by atoms with van der Waals surface area (Å²) >= 11 is 0. The monoisotopic (exact) mass is 447 g/mol. The average molecular weight is 448 g/mol. The van der Waals surface area contributed by atoms with E-state index in [4.69, 9.17) is 9.47 Å². The number of nitrogens with zero attached hydrogens (tertiary/aromatic N) is 3. The number of urea groups is 1. The number of aliphatic hydroxyl groups excluding tert-OH is 2. The molecule has 32 heavy (non-hydrogen) atoms. The zero-order valence-corrected chi connectivity index (χ0v) is 18.2. The fraction of sp³-hybridized carbons (Fsp3) is 0.545. The summed E-state index contributed by atoms with van der Waals surface area (Å²) < 4.78 is 13.1. The number of ether oxygens (including phenoxy) is 2. The molecule has 0 radical (unpaired) electrons. The van der Waals surface area contributed by atoms with Crippen molar-refractivity contribution in [1.82, 2.24) is 25.3 Å². The number of hydrogen-bond donors (Lipinski definition) is 4. The Morgan fingerprint density at radius 3 is 2.56 bits per heavy atom. The first kappa shape index (κ1) is 23.8. The molecule has 1 saturated heterocycles. The molecule has 176 valence electrons. The zero-order chi connectivity index (χ0) is 22.6. The van der Waals surface area contributed by atoms with Gasteiger partial charge in [0, 0.05) is 45.1 Å². The first-order valence-electron chi connectivity index (χ1n) is 11.0. The Morgan fingerprint density at radius 2 is 1.88 bits per heavy atom. The van der Waals surface area contributed by atoms with E-state index in [0.717, 1.165) is 5.75 Å². The minimum absolute atomic E-state index is 0.114. The number of nitrogens with one attached hydrogen (secondary N) is 2. The molecule has 3 rings (SSSR count). The SMILES string of the molecule is O=C(NCCNCC(O)COc1ccc(OCCn2cccn2)cc1)N1CCC(O)CC1. The van der Waals surface area contributed by atoms with Crippen LogP contribution in [0.15, 0.2) is 42.7 Å². The van der Waals surface area contributed by atoms with Gasteiger partial charge in [0.1, 0.15) is 30.8 Å². The molecule has 0 spiro atoms. The number of rotatable bonds is 12. The predicted molar refractivity (Wildman–Crippen MR) is 119 cm³/mol. The molecule has 1 unspecified atom stereocenters. The van der Waals surface area contributed by atoms with Crippen molar-refractivity contribution in [3.05, 3.63) is 42.7 Å². The minimum Gasteiger partial charge on any atom is -0.492 e. The molecule has 1 aromatic heterocycles. The van der Waals surface area contributed by atoms with Gasteiger partial charge in [0.05, 0.1) is 12.6 Å². The number of hydrogen-bond acceptors (Lipinski definition) is 7. The maximum absolute atomic E-state index is 12.0. The van der Waals surface area contributed by atoms with Gasteiger partial charge in [0.15, 0.2) is 0 Å². The summed E-state index contributed by atoms with van der Waals surface area (Å²) in [7, 11) is 0. The molecule has 10 heteroatoms. The van der Waals surface area contributed by atoms with Crippen LogP contribution in [0.25, 0.3) is 0 Å². The Hall–Kier alpha value is -2.82. The van der Waals surface area contributed by atoms with Gasteiger partial charge in [0.25, 0.3) is 0 Å². The van der Waals surface area contributed by atoms with Gasteiger partial charge in [-0.3, -0.25) is 4.68 Å². The molecule has 4 N–H and O–H groups in total. The van der Waals surface area contributed by atoms with Crippen molar-refractivity contribution in [1.29, 1.82) is 0 Å². The third-order valence-corrected chi connectivity index (χ3v) is 5.12. The van der Waals surface area contributed by atoms with Crippen LogP contribution in [0.4, 0.5) is 4.79 Å². The number of aromatic nitrogens is 2. The molecule has 0 saturated carbocycles. The van der Waals surface area contributed by atoms with Gasteiger partial charge in [0.2, 0.25) is 0 Å². The Bertz CT molecular complexity index is 779. The lowest BCUT2D eigenvalue weighted by Crippen LogP contribution is -2.47. The van der Waals surface area contributed by atoms with E-state index < -0.39 is 6.10 Å². The van der Waals surface area contributed by atoms with E-state index in [1.54, 1.807) is 23.2 Å². The third-order valence-electron chi connectivity index (χ3n) is 5.12. The van der Waals surface area contributed by atoms with Crippen molar-refractivity contribution in [3.63, 3.8) is 0 Å². The van der Waals surface area contributed by atoms with Gasteiger partial charge < -0.3 is 35.2 Å². The van der Waals surface area contributed by atoms with Crippen LogP contribution < -0.4 is 20.1 Å². The van der Waals surface area contributed by atoms with Crippen molar-refractivity contribution < 1.29 is 24.5 Å². The molecule has 1 atom stereocenters. The highest BCUT2D eigenvalue weighted by molar-refractivity contribution is 5.74. The maximum atomic E-state index is 12.0. The molecule has 2 heterocycles. The summed E-state index contributed by atoms with van der Waals surface area (Å²) in [6, 6.07) is 9.02. The molecule has 2 aromatic rings. The topological polar surface area (TPSA) is 121 Å². The fourth-order valence-corrected chi connectivity index (χ4v) is 3.28. The van der Waals surface area contributed by atoms with E-state index >= 15 is 0 Å². The van der Waals surface area contributed by atoms with Crippen molar-refractivity contribution in [2.75, 3.05) is 45.9 Å². The molecule has 1 fully saturated rings. The summed E-state index contributed by atoms with van der Waals surface area (Å²) in [5, 5.41) is 29.6. The Labute approximate surface area is 188 Å². The van der Waals surface area contributed by atoms with Crippen LogP contribution in [0.1, 0.15) is 12.8 Å². The van der Waals surface area contributed by atoms with E-state index in [0.29, 0.717) is 64.5 Å². The summed E-state index contributed by atoms with van der Waals surface area (Å²) in [5.74, 6) is 1.40. The lowest BCUT2D eigenvalue weighted by Gasteiger charge is -2.29. The van der Waals surface area contributed by atoms with Crippen LogP contribution in [-0.4, -0.2) is 89.1 Å². The molecule has 10 nitrogen and oxygen atoms in total. The molecular formula is C22H33N5O5. The number of aliphatic hydroxyl groups is 2. The second-order valence-electron chi connectivity index (χ2n) is 7.71. The highest BCUT2D eigenvalue weighted by Crippen LogP contribution is 2.17. The molecule has 0 bridgehead atoms. The fourth-order valence-electron chi connectivity index (χ4n) is 3.28. The number of likely N-dealkylation sites (tertiary alicyclic amines) is 1. The lowest BCUT2D eigenvalue weighted by atomic mass is 10.1. The summed E-state index contributed by atoms with van der Waals surface area (Å²) in [6.07, 6.45) is 3.91. The largest absolute Gasteiger partial charge is 0.492 e. The van der Waals surface area contributed by atoms with Crippen molar-refractivity contribution >= 4 is 6.03 Å². The van der Waals surface area contributed by atoms with Crippen molar-refractivity contribution in [3.8, 4) is 11.5 Å². The van der Waals surface area contributed by atoms with Gasteiger partial charge >= 0.3 is 6.03 Å². The molecular weight excluding hydrogens is 414 g/mol. The second-order valence-corrected chi connectivity index (χ2v) is 7.71. The van der Waals surface area contributed by atoms with Crippen LogP contribution in [0, 0.1) is 0 Å². The van der Waals surface area contributed by atoms with E-state index in [-0.39, 0.29) is 18.7 Å². The van der Waals surface area contributed by atoms with Crippen LogP contribution in [0.3, 0.4) is 0 Å². The minimum atomic E-state index is -0.667. The van der Waals surface area contributed by atoms with Crippen molar-refractivity contribution in [2.24, 2.45) is 0 Å². The number of carbonyl (C=O) groups is 1. The van der Waals surface area contributed by atoms with Gasteiger partial charge in [-0.1, -0.05) is 0 Å². The summed E-state index contributed by atoms with van der Waals surface area (Å²) in [5.41, 5.74) is 0. The average Bonchev–Trinajstić information content (AvgIpc) is 3.32. The molecule has 1 aliphatic rings. The van der Waals surface area contributed by atoms with E-state index in [1.807, 2.05) is 29.1 Å². The lowest BCUT2D eigenvalue weighted by molar-refractivity contribution is 0.0936. The normalized spacial score (nSPS) is 15.4. The quantitative estimate of drug-likeness (QED) is 0.349. The van der Waals surface area contributed by atoms with E-state index in [2.05, 4.69) is 15.7 Å². The first-order chi connectivity index (χ1) is 15.6. The highest BCUT2D eigenvalue weighted by Gasteiger charge is 2.20. The molecule has 1 aliphatic heterocycles. The van der Waals surface area contributed by atoms with Crippen LogP contribution in [0.5, 0.6) is 11.5 Å². The Morgan fingerprint density at radius 1 is 1.16 bits per heavy atom. The molecule has 2 amide bonds. The zero-order valence-electron chi connectivity index (χ0n) is 18.2. The smallest absolute Gasteiger partial charge is 0.317 e. The van der Waals surface area contributed by atoms with Crippen molar-refractivity contribution in [2.45, 2.75) is 31.6 Å². The standard InChI is InChI=1S/C22H33N5O5/c28-18-6-12-26(13-7-18)22(30)24-10-9-23-16-19(29)17-32-21-4-2-20(3-5-21)31-15-14-27-11-1-8-25-27/h1-5,8,11,18-19,23,28-29H,6-7,9-10,12-17H2,(H,24,30).